The fourth-order valence-corrected chi connectivity index (χ4v) is 5.18. The van der Waals surface area contributed by atoms with Crippen LogP contribution in [0.4, 0.5) is 9.59 Å². The Morgan fingerprint density at radius 2 is 1.87 bits per heavy atom. The van der Waals surface area contributed by atoms with Gasteiger partial charge in [-0.1, -0.05) is 6.07 Å². The summed E-state index contributed by atoms with van der Waals surface area (Å²) >= 11 is 0. The number of piperidine rings is 1. The van der Waals surface area contributed by atoms with E-state index in [4.69, 9.17) is 9.47 Å². The fraction of sp³-hybridized carbons (Fsp3) is 0.600. The number of amides is 1. The van der Waals surface area contributed by atoms with Gasteiger partial charge < -0.3 is 19.5 Å². The van der Waals surface area contributed by atoms with Crippen molar-refractivity contribution in [1.82, 2.24) is 9.62 Å². The number of sulfonamides is 1. The summed E-state index contributed by atoms with van der Waals surface area (Å²) in [5.74, 6) is 0.367. The molecule has 1 N–H and O–H groups in total. The van der Waals surface area contributed by atoms with E-state index in [1.54, 1.807) is 39.8 Å². The van der Waals surface area contributed by atoms with Gasteiger partial charge >= 0.3 is 6.09 Å². The molecule has 0 aromatic heterocycles. The van der Waals surface area contributed by atoms with Gasteiger partial charge in [-0.15, -0.1) is 0 Å². The molecule has 11 heteroatoms. The molecule has 1 amide bonds. The van der Waals surface area contributed by atoms with Crippen LogP contribution in [0.15, 0.2) is 29.2 Å². The molecule has 0 spiro atoms. The summed E-state index contributed by atoms with van der Waals surface area (Å²) in [5.41, 5.74) is -1.39. The van der Waals surface area contributed by atoms with Gasteiger partial charge in [-0.2, -0.15) is 4.31 Å². The van der Waals surface area contributed by atoms with Crippen LogP contribution in [0, 0.1) is 0 Å². The molecule has 1 unspecified atom stereocenters. The first-order valence-electron chi connectivity index (χ1n) is 10.0. The van der Waals surface area contributed by atoms with Crippen LogP contribution in [-0.2, 0) is 19.5 Å². The molecule has 1 fully saturated rings. The Morgan fingerprint density at radius 3 is 2.45 bits per heavy atom. The van der Waals surface area contributed by atoms with Gasteiger partial charge in [0.05, 0.1) is 17.7 Å². The van der Waals surface area contributed by atoms with E-state index in [0.29, 0.717) is 18.6 Å². The zero-order chi connectivity index (χ0) is 23.2. The Bertz CT molecular complexity index is 878. The highest BCUT2D eigenvalue weighted by atomic mass is 32.2. The third-order valence-corrected chi connectivity index (χ3v) is 7.30. The molecule has 0 bridgehead atoms. The lowest BCUT2D eigenvalue weighted by Crippen LogP contribution is -2.47. The van der Waals surface area contributed by atoms with E-state index in [1.807, 2.05) is 0 Å². The zero-order valence-corrected chi connectivity index (χ0v) is 20.3. The predicted molar refractivity (Wildman–Crippen MR) is 116 cm³/mol. The Balaban J connectivity index is 1.97. The summed E-state index contributed by atoms with van der Waals surface area (Å²) in [7, 11) is -2.61. The summed E-state index contributed by atoms with van der Waals surface area (Å²) in [5, 5.41) is 2.80. The van der Waals surface area contributed by atoms with Crippen LogP contribution in [0.2, 0.25) is 0 Å². The van der Waals surface area contributed by atoms with Crippen LogP contribution in [0.5, 0.6) is 5.75 Å². The van der Waals surface area contributed by atoms with E-state index in [9.17, 15) is 18.0 Å². The maximum Gasteiger partial charge on any atom is 0.407 e. The minimum atomic E-state index is -3.71. The predicted octanol–water partition coefficient (Wildman–Crippen LogP) is 2.56. The Hall–Kier alpha value is -2.11. The van der Waals surface area contributed by atoms with E-state index in [0.717, 1.165) is 0 Å². The number of carbonyl (C=O) groups is 2. The van der Waals surface area contributed by atoms with E-state index in [1.165, 1.54) is 23.5 Å². The summed E-state index contributed by atoms with van der Waals surface area (Å²) in [6.07, 6.45) is 0.484. The second kappa shape index (κ2) is 10.5. The van der Waals surface area contributed by atoms with Crippen LogP contribution in [0.25, 0.3) is 0 Å². The van der Waals surface area contributed by atoms with Gasteiger partial charge in [0.15, 0.2) is 0 Å². The molecule has 2 radical (unpaired) electrons. The zero-order valence-electron chi connectivity index (χ0n) is 18.5. The van der Waals surface area contributed by atoms with Gasteiger partial charge in [-0.3, -0.25) is 4.79 Å². The van der Waals surface area contributed by atoms with E-state index < -0.39 is 27.4 Å². The van der Waals surface area contributed by atoms with Gasteiger partial charge in [-0.25, -0.2) is 13.2 Å². The lowest BCUT2D eigenvalue weighted by Gasteiger charge is -2.32. The first kappa shape index (κ1) is 25.2. The van der Waals surface area contributed by atoms with Crippen LogP contribution >= 0.6 is 0 Å². The Kier molecular flexibility index (Phi) is 8.49. The minimum Gasteiger partial charge on any atom is -0.494 e. The van der Waals surface area contributed by atoms with Crippen LogP contribution in [0.1, 0.15) is 40.5 Å². The normalized spacial score (nSPS) is 16.9. The summed E-state index contributed by atoms with van der Waals surface area (Å²) in [6, 6.07) is 6.08. The summed E-state index contributed by atoms with van der Waals surface area (Å²) in [6.45, 7) is 7.66. The van der Waals surface area contributed by atoms with Crippen LogP contribution in [0.3, 0.4) is 0 Å². The third kappa shape index (κ3) is 7.82. The molecular weight excluding hydrogens is 440 g/mol. The standard InChI is InChI=1S/C20H30N2O7SSi/c1-14(31-19(24)27-5)28-16-7-6-8-17(13-16)30(25,26)22-11-9-15(10-12-22)21-18(23)29-20(2,3)4/h6-8,13-15H,9-12H2,1-5H3,(H,21,23). The molecule has 9 nitrogen and oxygen atoms in total. The van der Waals surface area contributed by atoms with Gasteiger partial charge in [-0.05, 0) is 52.7 Å². The van der Waals surface area contributed by atoms with Crippen molar-refractivity contribution in [2.75, 3.05) is 20.2 Å². The van der Waals surface area contributed by atoms with Crippen molar-refractivity contribution in [3.05, 3.63) is 24.3 Å². The molecule has 1 atom stereocenters. The second-order valence-corrected chi connectivity index (χ2v) is 11.6. The maximum atomic E-state index is 13.1. The number of alkyl carbamates (subject to hydrolysis) is 1. The van der Waals surface area contributed by atoms with E-state index in [-0.39, 0.29) is 39.1 Å². The van der Waals surface area contributed by atoms with Crippen molar-refractivity contribution in [2.24, 2.45) is 0 Å². The highest BCUT2D eigenvalue weighted by Gasteiger charge is 2.31. The monoisotopic (exact) mass is 470 g/mol. The largest absolute Gasteiger partial charge is 0.494 e. The average Bonchev–Trinajstić information content (AvgIpc) is 2.66. The van der Waals surface area contributed by atoms with Gasteiger partial charge in [0.25, 0.3) is 5.59 Å². The summed E-state index contributed by atoms with van der Waals surface area (Å²) in [4.78, 5) is 23.4. The first-order chi connectivity index (χ1) is 14.4. The number of hydrogen-bond acceptors (Lipinski definition) is 7. The quantitative estimate of drug-likeness (QED) is 0.610. The number of ether oxygens (including phenoxy) is 3. The minimum absolute atomic E-state index is 0.122. The Labute approximate surface area is 186 Å². The number of rotatable bonds is 7. The smallest absolute Gasteiger partial charge is 0.407 e. The number of nitrogens with one attached hydrogen (secondary N) is 1. The number of nitrogens with zero attached hydrogens (tertiary/aromatic N) is 1. The Morgan fingerprint density at radius 1 is 1.23 bits per heavy atom. The van der Waals surface area contributed by atoms with E-state index in [2.05, 4.69) is 10.1 Å². The molecule has 0 aliphatic carbocycles. The van der Waals surface area contributed by atoms with Crippen molar-refractivity contribution in [3.63, 3.8) is 0 Å². The molecule has 0 saturated carbocycles. The number of carbonyl (C=O) groups excluding carboxylic acids is 2. The van der Waals surface area contributed by atoms with Crippen molar-refractivity contribution < 1.29 is 32.2 Å². The molecule has 2 rings (SSSR count). The molecule has 172 valence electrons. The van der Waals surface area contributed by atoms with Gasteiger partial charge in [0.1, 0.15) is 11.4 Å². The molecule has 31 heavy (non-hydrogen) atoms. The fourth-order valence-electron chi connectivity index (χ4n) is 3.03. The first-order valence-corrected chi connectivity index (χ1v) is 12.5. The van der Waals surface area contributed by atoms with E-state index >= 15 is 0 Å². The molecule has 1 aromatic rings. The SMILES string of the molecule is COC(=O)[Si]C(C)Oc1cccc(S(=O)(=O)N2CCC(NC(=O)OC(C)(C)C)CC2)c1. The number of methoxy groups -OCH3 is 1. The average molecular weight is 471 g/mol. The molecule has 1 saturated heterocycles. The highest BCUT2D eigenvalue weighted by Crippen LogP contribution is 2.24. The lowest BCUT2D eigenvalue weighted by atomic mass is 10.1. The molecule has 1 aromatic carbocycles. The maximum absolute atomic E-state index is 13.1. The topological polar surface area (TPSA) is 111 Å². The third-order valence-electron chi connectivity index (χ3n) is 4.44. The van der Waals surface area contributed by atoms with Crippen molar-refractivity contribution in [1.29, 1.82) is 0 Å². The lowest BCUT2D eigenvalue weighted by molar-refractivity contribution is 0.0489. The molecule has 1 aliphatic rings. The molecule has 1 aliphatic heterocycles. The van der Waals surface area contributed by atoms with Crippen LogP contribution < -0.4 is 10.1 Å². The summed E-state index contributed by atoms with van der Waals surface area (Å²) < 4.78 is 43.1. The van der Waals surface area contributed by atoms with Gasteiger partial charge in [0, 0.05) is 25.2 Å². The number of benzene rings is 1. The van der Waals surface area contributed by atoms with Crippen LogP contribution in [-0.4, -0.2) is 71.5 Å². The van der Waals surface area contributed by atoms with Gasteiger partial charge in [0.2, 0.25) is 19.5 Å². The second-order valence-electron chi connectivity index (χ2n) is 8.20. The van der Waals surface area contributed by atoms with Crippen molar-refractivity contribution in [3.8, 4) is 5.75 Å². The number of hydrogen-bond donors (Lipinski definition) is 1. The highest BCUT2D eigenvalue weighted by molar-refractivity contribution is 7.89. The van der Waals surface area contributed by atoms with Crippen molar-refractivity contribution >= 4 is 31.2 Å². The molecule has 1 heterocycles. The molecular formula is C20H30N2O7SSi. The van der Waals surface area contributed by atoms with Crippen molar-refractivity contribution in [2.45, 2.75) is 62.8 Å².